The molecule has 0 spiro atoms. The molecule has 6 heteroatoms. The van der Waals surface area contributed by atoms with Crippen molar-refractivity contribution in [2.75, 3.05) is 12.5 Å². The van der Waals surface area contributed by atoms with Crippen LogP contribution in [0, 0.1) is 0 Å². The number of imidazole rings is 1. The maximum Gasteiger partial charge on any atom is 0.231 e. The van der Waals surface area contributed by atoms with Crippen molar-refractivity contribution in [2.45, 2.75) is 0 Å². The van der Waals surface area contributed by atoms with Gasteiger partial charge in [-0.2, -0.15) is 0 Å². The normalized spacial score (nSPS) is 13.1. The summed E-state index contributed by atoms with van der Waals surface area (Å²) in [6.07, 6.45) is 1.87. The summed E-state index contributed by atoms with van der Waals surface area (Å²) in [7, 11) is 0. The highest BCUT2D eigenvalue weighted by atomic mass is 35.5. The average molecular weight is 288 g/mol. The number of fused-ring (bicyclic) bond motifs is 2. The molecule has 5 nitrogen and oxygen atoms in total. The number of hydrogen-bond donors (Lipinski definition) is 1. The average Bonchev–Trinajstić information content (AvgIpc) is 3.04. The number of nitrogens with zero attached hydrogens (tertiary/aromatic N) is 2. The van der Waals surface area contributed by atoms with Gasteiger partial charge in [-0.1, -0.05) is 17.7 Å². The Labute approximate surface area is 119 Å². The number of halogens is 1. The number of ether oxygens (including phenoxy) is 2. The van der Waals surface area contributed by atoms with E-state index >= 15 is 0 Å². The molecule has 1 aliphatic rings. The van der Waals surface area contributed by atoms with Crippen molar-refractivity contribution < 1.29 is 9.47 Å². The van der Waals surface area contributed by atoms with Crippen LogP contribution in [-0.2, 0) is 0 Å². The SMILES string of the molecule is Nc1c(-c2cc(Cl)c3c(c2)OCO3)nc2ccccn12. The molecule has 3 aromatic rings. The lowest BCUT2D eigenvalue weighted by molar-refractivity contribution is 0.174. The lowest BCUT2D eigenvalue weighted by atomic mass is 10.1. The van der Waals surface area contributed by atoms with E-state index in [0.29, 0.717) is 28.0 Å². The Bertz CT molecular complexity index is 829. The third-order valence-corrected chi connectivity index (χ3v) is 3.55. The van der Waals surface area contributed by atoms with Crippen molar-refractivity contribution in [1.29, 1.82) is 0 Å². The first-order chi connectivity index (χ1) is 9.74. The number of aromatic nitrogens is 2. The maximum absolute atomic E-state index is 6.20. The van der Waals surface area contributed by atoms with Gasteiger partial charge in [-0.25, -0.2) is 4.98 Å². The predicted octanol–water partition coefficient (Wildman–Crippen LogP) is 2.97. The van der Waals surface area contributed by atoms with Crippen molar-refractivity contribution in [2.24, 2.45) is 0 Å². The highest BCUT2D eigenvalue weighted by Gasteiger charge is 2.21. The van der Waals surface area contributed by atoms with E-state index in [1.165, 1.54) is 0 Å². The van der Waals surface area contributed by atoms with E-state index in [4.69, 9.17) is 26.8 Å². The molecule has 0 amide bonds. The molecule has 2 aromatic heterocycles. The van der Waals surface area contributed by atoms with Crippen LogP contribution in [0.25, 0.3) is 16.9 Å². The number of anilines is 1. The van der Waals surface area contributed by atoms with Gasteiger partial charge < -0.3 is 15.2 Å². The standard InChI is InChI=1S/C14H10ClN3O2/c15-9-5-8(6-10-13(9)20-7-19-10)12-14(16)18-4-2-1-3-11(18)17-12/h1-6H,7,16H2. The van der Waals surface area contributed by atoms with Crippen LogP contribution in [0.4, 0.5) is 5.82 Å². The molecule has 0 atom stereocenters. The fraction of sp³-hybridized carbons (Fsp3) is 0.0714. The van der Waals surface area contributed by atoms with Crippen molar-refractivity contribution in [3.8, 4) is 22.8 Å². The second kappa shape index (κ2) is 4.05. The second-order valence-corrected chi connectivity index (χ2v) is 4.87. The van der Waals surface area contributed by atoms with Crippen LogP contribution in [0.1, 0.15) is 0 Å². The molecule has 0 aliphatic carbocycles. The monoisotopic (exact) mass is 287 g/mol. The second-order valence-electron chi connectivity index (χ2n) is 4.47. The minimum atomic E-state index is 0.180. The summed E-state index contributed by atoms with van der Waals surface area (Å²) in [5, 5.41) is 0.492. The number of benzene rings is 1. The molecule has 100 valence electrons. The van der Waals surface area contributed by atoms with E-state index in [-0.39, 0.29) is 6.79 Å². The van der Waals surface area contributed by atoms with Crippen molar-refractivity contribution in [1.82, 2.24) is 9.38 Å². The highest BCUT2D eigenvalue weighted by molar-refractivity contribution is 6.32. The van der Waals surface area contributed by atoms with Gasteiger partial charge in [0.15, 0.2) is 11.5 Å². The molecule has 0 bridgehead atoms. The number of nitrogens with two attached hydrogens (primary N) is 1. The van der Waals surface area contributed by atoms with Crippen LogP contribution < -0.4 is 15.2 Å². The van der Waals surface area contributed by atoms with E-state index in [1.54, 1.807) is 6.07 Å². The summed E-state index contributed by atoms with van der Waals surface area (Å²) in [6.45, 7) is 0.180. The third-order valence-electron chi connectivity index (χ3n) is 3.27. The van der Waals surface area contributed by atoms with E-state index < -0.39 is 0 Å². The molecule has 0 radical (unpaired) electrons. The highest BCUT2D eigenvalue weighted by Crippen LogP contribution is 2.43. The van der Waals surface area contributed by atoms with Crippen molar-refractivity contribution in [3.05, 3.63) is 41.6 Å². The van der Waals surface area contributed by atoms with Crippen LogP contribution in [0.3, 0.4) is 0 Å². The van der Waals surface area contributed by atoms with Crippen LogP contribution >= 0.6 is 11.6 Å². The summed E-state index contributed by atoms with van der Waals surface area (Å²) in [6, 6.07) is 9.34. The van der Waals surface area contributed by atoms with E-state index in [9.17, 15) is 0 Å². The first kappa shape index (κ1) is 11.4. The molecule has 1 aliphatic heterocycles. The van der Waals surface area contributed by atoms with E-state index in [0.717, 1.165) is 11.2 Å². The Morgan fingerprint density at radius 1 is 1.25 bits per heavy atom. The summed E-state index contributed by atoms with van der Waals surface area (Å²) < 4.78 is 12.5. The summed E-state index contributed by atoms with van der Waals surface area (Å²) >= 11 is 6.20. The predicted molar refractivity (Wildman–Crippen MR) is 76.2 cm³/mol. The Kier molecular flexibility index (Phi) is 2.31. The lowest BCUT2D eigenvalue weighted by Crippen LogP contribution is -1.93. The first-order valence-corrected chi connectivity index (χ1v) is 6.44. The molecule has 20 heavy (non-hydrogen) atoms. The number of hydrogen-bond acceptors (Lipinski definition) is 4. The molecule has 0 unspecified atom stereocenters. The van der Waals surface area contributed by atoms with Gasteiger partial charge in [0, 0.05) is 11.8 Å². The van der Waals surface area contributed by atoms with Gasteiger partial charge in [0.05, 0.1) is 5.02 Å². The number of rotatable bonds is 1. The molecule has 1 aromatic carbocycles. The molecule has 4 rings (SSSR count). The summed E-state index contributed by atoms with van der Waals surface area (Å²) in [5.41, 5.74) is 8.42. The molecular weight excluding hydrogens is 278 g/mol. The Hall–Kier alpha value is -2.40. The zero-order valence-electron chi connectivity index (χ0n) is 10.3. The molecule has 0 saturated carbocycles. The Morgan fingerprint density at radius 3 is 3.00 bits per heavy atom. The van der Waals surface area contributed by atoms with Crippen LogP contribution in [-0.4, -0.2) is 16.2 Å². The van der Waals surface area contributed by atoms with Crippen LogP contribution in [0.5, 0.6) is 11.5 Å². The van der Waals surface area contributed by atoms with Gasteiger partial charge in [0.2, 0.25) is 6.79 Å². The number of nitrogen functional groups attached to an aromatic ring is 1. The summed E-state index contributed by atoms with van der Waals surface area (Å²) in [4.78, 5) is 4.53. The van der Waals surface area contributed by atoms with Gasteiger partial charge in [0.25, 0.3) is 0 Å². The van der Waals surface area contributed by atoms with E-state index in [1.807, 2.05) is 34.9 Å². The Morgan fingerprint density at radius 2 is 2.15 bits per heavy atom. The lowest BCUT2D eigenvalue weighted by Gasteiger charge is -2.03. The third kappa shape index (κ3) is 1.53. The topological polar surface area (TPSA) is 61.8 Å². The minimum absolute atomic E-state index is 0.180. The zero-order chi connectivity index (χ0) is 13.7. The summed E-state index contributed by atoms with van der Waals surface area (Å²) in [5.74, 6) is 1.75. The fourth-order valence-corrected chi connectivity index (χ4v) is 2.60. The maximum atomic E-state index is 6.20. The fourth-order valence-electron chi connectivity index (χ4n) is 2.33. The van der Waals surface area contributed by atoms with Crippen LogP contribution in [0.2, 0.25) is 5.02 Å². The van der Waals surface area contributed by atoms with Gasteiger partial charge in [-0.15, -0.1) is 0 Å². The zero-order valence-corrected chi connectivity index (χ0v) is 11.1. The molecule has 3 heterocycles. The molecule has 2 N–H and O–H groups in total. The molecule has 0 fully saturated rings. The van der Waals surface area contributed by atoms with E-state index in [2.05, 4.69) is 4.98 Å². The number of pyridine rings is 1. The minimum Gasteiger partial charge on any atom is -0.454 e. The molecular formula is C14H10ClN3O2. The van der Waals surface area contributed by atoms with Gasteiger partial charge in [-0.3, -0.25) is 4.40 Å². The quantitative estimate of drug-likeness (QED) is 0.747. The van der Waals surface area contributed by atoms with Crippen molar-refractivity contribution >= 4 is 23.1 Å². The van der Waals surface area contributed by atoms with Crippen LogP contribution in [0.15, 0.2) is 36.5 Å². The van der Waals surface area contributed by atoms with Gasteiger partial charge >= 0.3 is 0 Å². The largest absolute Gasteiger partial charge is 0.454 e. The van der Waals surface area contributed by atoms with Gasteiger partial charge in [0.1, 0.15) is 17.2 Å². The Balaban J connectivity index is 1.95. The smallest absolute Gasteiger partial charge is 0.231 e. The first-order valence-electron chi connectivity index (χ1n) is 6.06. The van der Waals surface area contributed by atoms with Gasteiger partial charge in [-0.05, 0) is 24.3 Å². The molecule has 0 saturated heterocycles. The van der Waals surface area contributed by atoms with Crippen molar-refractivity contribution in [3.63, 3.8) is 0 Å².